The van der Waals surface area contributed by atoms with E-state index in [-0.39, 0.29) is 12.5 Å². The molecule has 2 aromatic rings. The number of carbonyl (C=O) groups is 2. The molecule has 0 radical (unpaired) electrons. The molecular formula is C21H27N3O4. The van der Waals surface area contributed by atoms with Gasteiger partial charge < -0.3 is 15.2 Å². The molecule has 2 N–H and O–H groups in total. The standard InChI is InChI=1S/C21H27N3O4/c1-6-28-17-11-21(19(26)27,20(17,4)5)23-18(25)16-12-22-24(14(16)3)15-9-7-8-13(2)10-15/h7-10,12,17H,6,11H2,1-5H3,(H,23,25)(H,26,27). The van der Waals surface area contributed by atoms with Crippen molar-refractivity contribution in [1.82, 2.24) is 15.1 Å². The van der Waals surface area contributed by atoms with E-state index in [1.54, 1.807) is 11.6 Å². The number of benzene rings is 1. The van der Waals surface area contributed by atoms with Gasteiger partial charge in [-0.3, -0.25) is 4.79 Å². The Morgan fingerprint density at radius 1 is 1.36 bits per heavy atom. The summed E-state index contributed by atoms with van der Waals surface area (Å²) in [5.41, 5.74) is 0.846. The fourth-order valence-electron chi connectivity index (χ4n) is 3.95. The molecule has 150 valence electrons. The van der Waals surface area contributed by atoms with Gasteiger partial charge in [-0.25, -0.2) is 9.48 Å². The van der Waals surface area contributed by atoms with Crippen LogP contribution in [0.1, 0.15) is 48.8 Å². The fraction of sp³-hybridized carbons (Fsp3) is 0.476. The summed E-state index contributed by atoms with van der Waals surface area (Å²) in [5.74, 6) is -1.49. The Morgan fingerprint density at radius 2 is 2.07 bits per heavy atom. The lowest BCUT2D eigenvalue weighted by atomic mass is 9.54. The number of nitrogens with zero attached hydrogens (tertiary/aromatic N) is 2. The number of rotatable bonds is 6. The monoisotopic (exact) mass is 385 g/mol. The van der Waals surface area contributed by atoms with Crippen molar-refractivity contribution < 1.29 is 19.4 Å². The smallest absolute Gasteiger partial charge is 0.330 e. The molecular weight excluding hydrogens is 358 g/mol. The highest BCUT2D eigenvalue weighted by molar-refractivity contribution is 5.99. The second kappa shape index (κ2) is 7.05. The lowest BCUT2D eigenvalue weighted by Crippen LogP contribution is -2.76. The number of amides is 1. The average molecular weight is 385 g/mol. The Balaban J connectivity index is 1.88. The van der Waals surface area contributed by atoms with E-state index in [2.05, 4.69) is 10.4 Å². The van der Waals surface area contributed by atoms with Gasteiger partial charge in [0.05, 0.1) is 29.2 Å². The number of hydrogen-bond donors (Lipinski definition) is 2. The van der Waals surface area contributed by atoms with E-state index in [0.717, 1.165) is 11.3 Å². The van der Waals surface area contributed by atoms with Crippen LogP contribution < -0.4 is 5.32 Å². The maximum Gasteiger partial charge on any atom is 0.330 e. The van der Waals surface area contributed by atoms with Crippen molar-refractivity contribution in [3.63, 3.8) is 0 Å². The van der Waals surface area contributed by atoms with Crippen LogP contribution in [0.5, 0.6) is 0 Å². The number of carboxylic acids is 1. The second-order valence-electron chi connectivity index (χ2n) is 7.93. The van der Waals surface area contributed by atoms with Crippen LogP contribution in [0.15, 0.2) is 30.5 Å². The third-order valence-electron chi connectivity index (χ3n) is 5.96. The zero-order chi connectivity index (χ0) is 20.7. The SMILES string of the molecule is CCOC1CC(NC(=O)c2cnn(-c3cccc(C)c3)c2C)(C(=O)O)C1(C)C. The zero-order valence-corrected chi connectivity index (χ0v) is 16.9. The average Bonchev–Trinajstić information content (AvgIpc) is 3.01. The summed E-state index contributed by atoms with van der Waals surface area (Å²) in [6, 6.07) is 7.80. The van der Waals surface area contributed by atoms with Crippen LogP contribution in [0.25, 0.3) is 5.69 Å². The molecule has 2 atom stereocenters. The Labute approximate surface area is 164 Å². The predicted molar refractivity (Wildman–Crippen MR) is 105 cm³/mol. The quantitative estimate of drug-likeness (QED) is 0.797. The highest BCUT2D eigenvalue weighted by atomic mass is 16.5. The number of hydrogen-bond acceptors (Lipinski definition) is 4. The minimum absolute atomic E-state index is 0.218. The lowest BCUT2D eigenvalue weighted by molar-refractivity contribution is -0.190. The van der Waals surface area contributed by atoms with E-state index in [9.17, 15) is 14.7 Å². The van der Waals surface area contributed by atoms with Gasteiger partial charge in [0.15, 0.2) is 0 Å². The Morgan fingerprint density at radius 3 is 2.64 bits per heavy atom. The molecule has 0 spiro atoms. The van der Waals surface area contributed by atoms with Crippen molar-refractivity contribution in [2.75, 3.05) is 6.61 Å². The van der Waals surface area contributed by atoms with Gasteiger partial charge in [0.25, 0.3) is 5.91 Å². The first kappa shape index (κ1) is 20.1. The van der Waals surface area contributed by atoms with Gasteiger partial charge in [-0.15, -0.1) is 0 Å². The Kier molecular flexibility index (Phi) is 5.06. The summed E-state index contributed by atoms with van der Waals surface area (Å²) in [4.78, 5) is 25.1. The summed E-state index contributed by atoms with van der Waals surface area (Å²) < 4.78 is 7.34. The van der Waals surface area contributed by atoms with Crippen molar-refractivity contribution >= 4 is 11.9 Å². The maximum absolute atomic E-state index is 13.0. The van der Waals surface area contributed by atoms with Crippen molar-refractivity contribution in [1.29, 1.82) is 0 Å². The third-order valence-corrected chi connectivity index (χ3v) is 5.96. The van der Waals surface area contributed by atoms with Crippen molar-refractivity contribution in [2.45, 2.75) is 52.7 Å². The fourth-order valence-corrected chi connectivity index (χ4v) is 3.95. The van der Waals surface area contributed by atoms with Gasteiger partial charge in [0.1, 0.15) is 5.54 Å². The predicted octanol–water partition coefficient (Wildman–Crippen LogP) is 2.88. The topological polar surface area (TPSA) is 93.5 Å². The lowest BCUT2D eigenvalue weighted by Gasteiger charge is -2.58. The van der Waals surface area contributed by atoms with Crippen molar-refractivity contribution in [3.8, 4) is 5.69 Å². The number of carboxylic acid groups (broad SMARTS) is 1. The number of ether oxygens (including phenoxy) is 1. The molecule has 0 saturated heterocycles. The molecule has 1 amide bonds. The molecule has 1 fully saturated rings. The molecule has 0 aliphatic heterocycles. The first-order valence-corrected chi connectivity index (χ1v) is 9.43. The number of nitrogens with one attached hydrogen (secondary N) is 1. The second-order valence-corrected chi connectivity index (χ2v) is 7.93. The number of aliphatic carboxylic acids is 1. The first-order chi connectivity index (χ1) is 13.1. The van der Waals surface area contributed by atoms with Crippen LogP contribution in [0.2, 0.25) is 0 Å². The maximum atomic E-state index is 13.0. The highest BCUT2D eigenvalue weighted by Gasteiger charge is 2.66. The summed E-state index contributed by atoms with van der Waals surface area (Å²) >= 11 is 0. The molecule has 1 aromatic carbocycles. The molecule has 7 nitrogen and oxygen atoms in total. The summed E-state index contributed by atoms with van der Waals surface area (Å²) in [6.07, 6.45) is 1.50. The van der Waals surface area contributed by atoms with Crippen LogP contribution >= 0.6 is 0 Å². The molecule has 28 heavy (non-hydrogen) atoms. The summed E-state index contributed by atoms with van der Waals surface area (Å²) in [7, 11) is 0. The van der Waals surface area contributed by atoms with E-state index < -0.39 is 22.8 Å². The van der Waals surface area contributed by atoms with Crippen LogP contribution in [0.3, 0.4) is 0 Å². The van der Waals surface area contributed by atoms with E-state index in [1.807, 2.05) is 52.0 Å². The van der Waals surface area contributed by atoms with Crippen molar-refractivity contribution in [2.24, 2.45) is 5.41 Å². The van der Waals surface area contributed by atoms with E-state index >= 15 is 0 Å². The van der Waals surface area contributed by atoms with Gasteiger partial charge in [-0.05, 0) is 38.5 Å². The van der Waals surface area contributed by atoms with Gasteiger partial charge >= 0.3 is 5.97 Å². The zero-order valence-electron chi connectivity index (χ0n) is 16.9. The van der Waals surface area contributed by atoms with Gasteiger partial charge in [-0.1, -0.05) is 26.0 Å². The van der Waals surface area contributed by atoms with Gasteiger partial charge in [0, 0.05) is 18.4 Å². The minimum atomic E-state index is -1.37. The summed E-state index contributed by atoms with van der Waals surface area (Å²) in [5, 5.41) is 17.0. The van der Waals surface area contributed by atoms with E-state index in [1.165, 1.54) is 6.20 Å². The largest absolute Gasteiger partial charge is 0.479 e. The number of aromatic nitrogens is 2. The number of carbonyl (C=O) groups excluding carboxylic acids is 1. The van der Waals surface area contributed by atoms with E-state index in [4.69, 9.17) is 4.74 Å². The molecule has 1 saturated carbocycles. The molecule has 1 aliphatic rings. The molecule has 7 heteroatoms. The molecule has 1 aliphatic carbocycles. The van der Waals surface area contributed by atoms with Gasteiger partial charge in [-0.2, -0.15) is 5.10 Å². The molecule has 1 heterocycles. The Hall–Kier alpha value is -2.67. The molecule has 0 bridgehead atoms. The highest BCUT2D eigenvalue weighted by Crippen LogP contribution is 2.51. The molecule has 3 rings (SSSR count). The normalized spacial score (nSPS) is 23.1. The molecule has 1 aromatic heterocycles. The Bertz CT molecular complexity index is 918. The van der Waals surface area contributed by atoms with Crippen LogP contribution in [0, 0.1) is 19.3 Å². The summed E-state index contributed by atoms with van der Waals surface area (Å²) in [6.45, 7) is 9.79. The van der Waals surface area contributed by atoms with Crippen LogP contribution in [-0.2, 0) is 9.53 Å². The van der Waals surface area contributed by atoms with Gasteiger partial charge in [0.2, 0.25) is 0 Å². The minimum Gasteiger partial charge on any atom is -0.479 e. The van der Waals surface area contributed by atoms with E-state index in [0.29, 0.717) is 17.9 Å². The van der Waals surface area contributed by atoms with Crippen LogP contribution in [0.4, 0.5) is 0 Å². The van der Waals surface area contributed by atoms with Crippen LogP contribution in [-0.4, -0.2) is 45.0 Å². The van der Waals surface area contributed by atoms with Crippen molar-refractivity contribution in [3.05, 3.63) is 47.3 Å². The molecule has 2 unspecified atom stereocenters. The third kappa shape index (κ3) is 2.99. The first-order valence-electron chi connectivity index (χ1n) is 9.43. The number of aryl methyl sites for hydroxylation is 1.